The van der Waals surface area contributed by atoms with E-state index >= 15 is 0 Å². The van der Waals surface area contributed by atoms with E-state index in [1.165, 1.54) is 6.20 Å². The minimum Gasteiger partial charge on any atom is -0.350 e. The maximum Gasteiger partial charge on any atom is 0.263 e. The van der Waals surface area contributed by atoms with E-state index in [2.05, 4.69) is 20.3 Å². The Kier molecular flexibility index (Phi) is 5.93. The summed E-state index contributed by atoms with van der Waals surface area (Å²) in [6.07, 6.45) is 6.65. The molecule has 0 radical (unpaired) electrons. The quantitative estimate of drug-likeness (QED) is 0.659. The maximum absolute atomic E-state index is 12.3. The molecule has 9 heteroatoms. The average molecular weight is 406 g/mol. The molecule has 0 saturated carbocycles. The molecule has 3 rings (SSSR count). The molecule has 2 aromatic heterocycles. The molecule has 0 spiro atoms. The first-order valence-corrected chi connectivity index (χ1v) is 8.98. The van der Waals surface area contributed by atoms with Gasteiger partial charge in [-0.3, -0.25) is 9.59 Å². The Balaban J connectivity index is 1.69. The minimum atomic E-state index is -0.518. The zero-order valence-electron chi connectivity index (χ0n) is 14.4. The van der Waals surface area contributed by atoms with Gasteiger partial charge in [-0.1, -0.05) is 29.3 Å². The van der Waals surface area contributed by atoms with Crippen molar-refractivity contribution in [2.75, 3.05) is 6.54 Å². The Hall–Kier alpha value is -2.64. The Bertz CT molecular complexity index is 981. The molecule has 0 aliphatic rings. The lowest BCUT2D eigenvalue weighted by Gasteiger charge is -2.13. The number of H-pyrrole nitrogens is 1. The van der Waals surface area contributed by atoms with Gasteiger partial charge in [-0.2, -0.15) is 0 Å². The fourth-order valence-electron chi connectivity index (χ4n) is 2.52. The van der Waals surface area contributed by atoms with Crippen molar-refractivity contribution in [2.45, 2.75) is 19.4 Å². The summed E-state index contributed by atoms with van der Waals surface area (Å²) in [6.45, 7) is 2.28. The van der Waals surface area contributed by atoms with E-state index in [0.717, 1.165) is 0 Å². The van der Waals surface area contributed by atoms with E-state index in [9.17, 15) is 9.59 Å². The van der Waals surface area contributed by atoms with Crippen LogP contribution in [0, 0.1) is 0 Å². The van der Waals surface area contributed by atoms with Crippen molar-refractivity contribution in [1.29, 1.82) is 0 Å². The molecule has 1 atom stereocenters. The van der Waals surface area contributed by atoms with Crippen LogP contribution < -0.4 is 10.9 Å². The summed E-state index contributed by atoms with van der Waals surface area (Å²) in [5, 5.41) is 3.70. The van der Waals surface area contributed by atoms with Gasteiger partial charge >= 0.3 is 0 Å². The minimum absolute atomic E-state index is 0.00475. The first-order valence-electron chi connectivity index (χ1n) is 8.22. The molecule has 27 heavy (non-hydrogen) atoms. The number of amides is 1. The molecule has 0 saturated heterocycles. The number of benzene rings is 1. The largest absolute Gasteiger partial charge is 0.350 e. The lowest BCUT2D eigenvalue weighted by molar-refractivity contribution is 0.0946. The van der Waals surface area contributed by atoms with Gasteiger partial charge in [-0.05, 0) is 24.6 Å². The number of aromatic nitrogens is 4. The molecular formula is C18H17Cl2N5O2. The highest BCUT2D eigenvalue weighted by atomic mass is 35.5. The van der Waals surface area contributed by atoms with E-state index in [1.54, 1.807) is 36.9 Å². The van der Waals surface area contributed by atoms with Gasteiger partial charge in [0.05, 0.1) is 6.33 Å². The van der Waals surface area contributed by atoms with Crippen molar-refractivity contribution >= 4 is 29.1 Å². The van der Waals surface area contributed by atoms with Crippen molar-refractivity contribution in [1.82, 2.24) is 24.8 Å². The van der Waals surface area contributed by atoms with E-state index in [-0.39, 0.29) is 18.0 Å². The number of imidazole rings is 1. The SMILES string of the molecule is C[C@H](CNC(=O)c1cnc(Cc2c(Cl)cccc2Cl)[nH]c1=O)n1ccnc1. The van der Waals surface area contributed by atoms with Gasteiger partial charge in [0.2, 0.25) is 0 Å². The number of halogens is 2. The number of hydrogen-bond donors (Lipinski definition) is 2. The van der Waals surface area contributed by atoms with Crippen molar-refractivity contribution in [2.24, 2.45) is 0 Å². The third kappa shape index (κ3) is 4.56. The van der Waals surface area contributed by atoms with E-state index < -0.39 is 11.5 Å². The second-order valence-corrected chi connectivity index (χ2v) is 6.83. The lowest BCUT2D eigenvalue weighted by atomic mass is 10.1. The summed E-state index contributed by atoms with van der Waals surface area (Å²) in [5.74, 6) is -0.114. The fourth-order valence-corrected chi connectivity index (χ4v) is 3.05. The van der Waals surface area contributed by atoms with Gasteiger partial charge in [-0.25, -0.2) is 9.97 Å². The number of nitrogens with one attached hydrogen (secondary N) is 2. The molecule has 0 bridgehead atoms. The number of hydrogen-bond acceptors (Lipinski definition) is 4. The second kappa shape index (κ2) is 8.37. The summed E-state index contributed by atoms with van der Waals surface area (Å²) in [7, 11) is 0. The van der Waals surface area contributed by atoms with Gasteiger partial charge in [0.15, 0.2) is 0 Å². The summed E-state index contributed by atoms with van der Waals surface area (Å²) < 4.78 is 1.86. The zero-order chi connectivity index (χ0) is 19.4. The second-order valence-electron chi connectivity index (χ2n) is 6.02. The van der Waals surface area contributed by atoms with Crippen LogP contribution in [-0.2, 0) is 6.42 Å². The molecule has 1 amide bonds. The summed E-state index contributed by atoms with van der Waals surface area (Å²) in [5.41, 5.74) is 0.0909. The molecule has 140 valence electrons. The number of nitrogens with zero attached hydrogens (tertiary/aromatic N) is 3. The molecule has 1 aromatic carbocycles. The van der Waals surface area contributed by atoms with E-state index in [0.29, 0.717) is 28.0 Å². The Morgan fingerprint density at radius 2 is 2.07 bits per heavy atom. The topological polar surface area (TPSA) is 92.7 Å². The van der Waals surface area contributed by atoms with Gasteiger partial charge in [-0.15, -0.1) is 0 Å². The average Bonchev–Trinajstić information content (AvgIpc) is 3.17. The first-order chi connectivity index (χ1) is 13.0. The van der Waals surface area contributed by atoms with Crippen LogP contribution >= 0.6 is 23.2 Å². The van der Waals surface area contributed by atoms with Gasteiger partial charge in [0.25, 0.3) is 11.5 Å². The Morgan fingerprint density at radius 1 is 1.33 bits per heavy atom. The molecule has 2 heterocycles. The van der Waals surface area contributed by atoms with Crippen LogP contribution in [0.4, 0.5) is 0 Å². The van der Waals surface area contributed by atoms with E-state index in [4.69, 9.17) is 23.2 Å². The van der Waals surface area contributed by atoms with Crippen LogP contribution in [0.25, 0.3) is 0 Å². The Morgan fingerprint density at radius 3 is 2.70 bits per heavy atom. The summed E-state index contributed by atoms with van der Waals surface area (Å²) >= 11 is 12.3. The highest BCUT2D eigenvalue weighted by molar-refractivity contribution is 6.36. The summed E-state index contributed by atoms with van der Waals surface area (Å²) in [4.78, 5) is 35.3. The van der Waals surface area contributed by atoms with Crippen LogP contribution in [0.15, 0.2) is 47.9 Å². The maximum atomic E-state index is 12.3. The lowest BCUT2D eigenvalue weighted by Crippen LogP contribution is -2.33. The highest BCUT2D eigenvalue weighted by Gasteiger charge is 2.15. The predicted molar refractivity (Wildman–Crippen MR) is 103 cm³/mol. The molecule has 0 aliphatic carbocycles. The van der Waals surface area contributed by atoms with Crippen LogP contribution in [0.5, 0.6) is 0 Å². The van der Waals surface area contributed by atoms with Crippen molar-refractivity contribution in [3.8, 4) is 0 Å². The van der Waals surface area contributed by atoms with Gasteiger partial charge in [0, 0.05) is 47.6 Å². The number of carbonyl (C=O) groups is 1. The van der Waals surface area contributed by atoms with Gasteiger partial charge in [0.1, 0.15) is 11.4 Å². The van der Waals surface area contributed by atoms with E-state index in [1.807, 2.05) is 11.5 Å². The Labute approximate surface area is 165 Å². The zero-order valence-corrected chi connectivity index (χ0v) is 16.0. The van der Waals surface area contributed by atoms with Crippen LogP contribution in [0.2, 0.25) is 10.0 Å². The molecular weight excluding hydrogens is 389 g/mol. The monoisotopic (exact) mass is 405 g/mol. The third-order valence-corrected chi connectivity index (χ3v) is 4.80. The highest BCUT2D eigenvalue weighted by Crippen LogP contribution is 2.25. The number of aromatic amines is 1. The van der Waals surface area contributed by atoms with Crippen LogP contribution in [-0.4, -0.2) is 32.0 Å². The number of carbonyl (C=O) groups excluding carboxylic acids is 1. The van der Waals surface area contributed by atoms with Crippen LogP contribution in [0.3, 0.4) is 0 Å². The molecule has 0 unspecified atom stereocenters. The smallest absolute Gasteiger partial charge is 0.263 e. The predicted octanol–water partition coefficient (Wildman–Crippen LogP) is 2.86. The molecule has 3 aromatic rings. The fraction of sp³-hybridized carbons (Fsp3) is 0.222. The molecule has 7 nitrogen and oxygen atoms in total. The summed E-state index contributed by atoms with van der Waals surface area (Å²) in [6, 6.07) is 5.17. The first kappa shape index (κ1) is 19.1. The molecule has 0 fully saturated rings. The normalized spacial score (nSPS) is 12.0. The van der Waals surface area contributed by atoms with Crippen molar-refractivity contribution in [3.63, 3.8) is 0 Å². The third-order valence-electron chi connectivity index (χ3n) is 4.09. The molecule has 0 aliphatic heterocycles. The van der Waals surface area contributed by atoms with Gasteiger partial charge < -0.3 is 14.9 Å². The number of rotatable bonds is 6. The standard InChI is InChI=1S/C18H17Cl2N5O2/c1-11(25-6-5-21-10-25)8-23-17(26)13-9-22-16(24-18(13)27)7-12-14(19)3-2-4-15(12)20/h2-6,9-11H,7-8H2,1H3,(H,23,26)(H,22,24,27)/t11-/m1/s1. The van der Waals surface area contributed by atoms with Crippen molar-refractivity contribution in [3.05, 3.63) is 80.5 Å². The van der Waals surface area contributed by atoms with Crippen molar-refractivity contribution < 1.29 is 4.79 Å². The molecule has 2 N–H and O–H groups in total. The van der Waals surface area contributed by atoms with Crippen LogP contribution in [0.1, 0.15) is 34.7 Å².